The van der Waals surface area contributed by atoms with Crippen LogP contribution in [0.4, 0.5) is 11.4 Å². The second kappa shape index (κ2) is 9.75. The van der Waals surface area contributed by atoms with Crippen LogP contribution in [0.3, 0.4) is 0 Å². The van der Waals surface area contributed by atoms with Crippen molar-refractivity contribution in [2.45, 2.75) is 38.6 Å². The molecule has 2 aromatic rings. The first-order valence-corrected chi connectivity index (χ1v) is 11.9. The lowest BCUT2D eigenvalue weighted by molar-refractivity contribution is -0.120. The number of halogens is 3. The van der Waals surface area contributed by atoms with E-state index in [1.165, 1.54) is 6.07 Å². The number of nitrogens with zero attached hydrogens (tertiary/aromatic N) is 2. The van der Waals surface area contributed by atoms with E-state index in [0.717, 1.165) is 37.1 Å². The van der Waals surface area contributed by atoms with E-state index >= 15 is 0 Å². The summed E-state index contributed by atoms with van der Waals surface area (Å²) in [5.41, 5.74) is 1.03. The fourth-order valence-electron chi connectivity index (χ4n) is 4.23. The molecule has 0 radical (unpaired) electrons. The topological polar surface area (TPSA) is 69.7 Å². The van der Waals surface area contributed by atoms with Crippen LogP contribution in [0, 0.1) is 0 Å². The number of imide groups is 1. The molecule has 0 saturated carbocycles. The molecule has 6 nitrogen and oxygen atoms in total. The number of hydrogen-bond acceptors (Lipinski definition) is 4. The molecule has 2 aromatic carbocycles. The number of carbonyl (C=O) groups is 3. The van der Waals surface area contributed by atoms with Crippen molar-refractivity contribution in [3.8, 4) is 0 Å². The summed E-state index contributed by atoms with van der Waals surface area (Å²) in [5, 5.41) is 2.93. The predicted octanol–water partition coefficient (Wildman–Crippen LogP) is 5.83. The second-order valence-corrected chi connectivity index (χ2v) is 9.13. The van der Waals surface area contributed by atoms with Gasteiger partial charge in [0.15, 0.2) is 0 Å². The van der Waals surface area contributed by atoms with Gasteiger partial charge >= 0.3 is 0 Å². The first-order chi connectivity index (χ1) is 15.8. The van der Waals surface area contributed by atoms with Crippen molar-refractivity contribution in [2.24, 2.45) is 0 Å². The van der Waals surface area contributed by atoms with E-state index in [1.807, 2.05) is 4.90 Å². The van der Waals surface area contributed by atoms with Crippen molar-refractivity contribution in [1.29, 1.82) is 0 Å². The van der Waals surface area contributed by atoms with Crippen LogP contribution < -0.4 is 10.2 Å². The number of anilines is 2. The number of benzene rings is 2. The van der Waals surface area contributed by atoms with Crippen molar-refractivity contribution in [3.63, 3.8) is 0 Å². The van der Waals surface area contributed by atoms with Crippen LogP contribution in [0.2, 0.25) is 10.0 Å². The molecule has 1 saturated heterocycles. The molecule has 2 aliphatic heterocycles. The molecule has 0 bridgehead atoms. The molecule has 0 aliphatic carbocycles. The van der Waals surface area contributed by atoms with Crippen LogP contribution in [-0.4, -0.2) is 35.2 Å². The molecule has 2 aliphatic rings. The smallest absolute Gasteiger partial charge is 0.283 e. The average Bonchev–Trinajstić information content (AvgIpc) is 3.03. The summed E-state index contributed by atoms with van der Waals surface area (Å²) >= 11 is 18.5. The Kier molecular flexibility index (Phi) is 6.98. The molecular weight excluding hydrogens is 485 g/mol. The Balaban J connectivity index is 1.58. The summed E-state index contributed by atoms with van der Waals surface area (Å²) in [5.74, 6) is -1.42. The molecule has 1 fully saturated rings. The molecular formula is C24H22Cl3N3O3. The summed E-state index contributed by atoms with van der Waals surface area (Å²) in [6.07, 6.45) is 4.02. The van der Waals surface area contributed by atoms with Crippen molar-refractivity contribution in [3.05, 3.63) is 68.8 Å². The number of nitrogens with one attached hydrogen (secondary N) is 1. The Morgan fingerprint density at radius 3 is 2.58 bits per heavy atom. The standard InChI is InChI=1S/C24H22Cl3N3O3/c1-2-16-9-3-4-12-29(16)22(31)14-7-5-8-15(13-14)28-21-20(27)23(32)30(24(21)33)18-11-6-10-17(25)19(18)26/h5-8,10-11,13,16,28H,2-4,9,12H2,1H3. The number of carbonyl (C=O) groups excluding carboxylic acids is 3. The minimum absolute atomic E-state index is 0.0496. The van der Waals surface area contributed by atoms with Gasteiger partial charge in [-0.1, -0.05) is 53.9 Å². The van der Waals surface area contributed by atoms with Gasteiger partial charge in [0.1, 0.15) is 10.7 Å². The molecule has 9 heteroatoms. The first kappa shape index (κ1) is 23.6. The highest BCUT2D eigenvalue weighted by atomic mass is 35.5. The Morgan fingerprint density at radius 2 is 1.82 bits per heavy atom. The average molecular weight is 507 g/mol. The Morgan fingerprint density at radius 1 is 1.06 bits per heavy atom. The fourth-order valence-corrected chi connectivity index (χ4v) is 4.82. The summed E-state index contributed by atoms with van der Waals surface area (Å²) in [6.45, 7) is 2.82. The molecule has 0 aromatic heterocycles. The van der Waals surface area contributed by atoms with E-state index in [-0.39, 0.29) is 38.4 Å². The quantitative estimate of drug-likeness (QED) is 0.518. The first-order valence-electron chi connectivity index (χ1n) is 10.7. The van der Waals surface area contributed by atoms with Crippen LogP contribution in [0.5, 0.6) is 0 Å². The zero-order valence-electron chi connectivity index (χ0n) is 17.9. The predicted molar refractivity (Wildman–Crippen MR) is 131 cm³/mol. The van der Waals surface area contributed by atoms with Gasteiger partial charge in [-0.25, -0.2) is 4.90 Å². The van der Waals surface area contributed by atoms with E-state index in [1.54, 1.807) is 36.4 Å². The lowest BCUT2D eigenvalue weighted by atomic mass is 9.99. The summed E-state index contributed by atoms with van der Waals surface area (Å²) < 4.78 is 0. The largest absolute Gasteiger partial charge is 0.350 e. The molecule has 33 heavy (non-hydrogen) atoms. The maximum atomic E-state index is 13.1. The van der Waals surface area contributed by atoms with Crippen LogP contribution in [0.1, 0.15) is 43.0 Å². The summed E-state index contributed by atoms with van der Waals surface area (Å²) in [7, 11) is 0. The second-order valence-electron chi connectivity index (χ2n) is 7.97. The van der Waals surface area contributed by atoms with E-state index in [0.29, 0.717) is 11.3 Å². The van der Waals surface area contributed by atoms with Crippen molar-refractivity contribution in [2.75, 3.05) is 16.8 Å². The highest BCUT2D eigenvalue weighted by Crippen LogP contribution is 2.37. The Bertz CT molecular complexity index is 1160. The summed E-state index contributed by atoms with van der Waals surface area (Å²) in [4.78, 5) is 41.8. The van der Waals surface area contributed by atoms with Gasteiger partial charge in [-0.2, -0.15) is 0 Å². The van der Waals surface area contributed by atoms with Crippen molar-refractivity contribution in [1.82, 2.24) is 4.90 Å². The Hall–Kier alpha value is -2.54. The number of amides is 3. The fraction of sp³-hybridized carbons (Fsp3) is 0.292. The van der Waals surface area contributed by atoms with Crippen LogP contribution in [-0.2, 0) is 9.59 Å². The lowest BCUT2D eigenvalue weighted by Crippen LogP contribution is -2.43. The third-order valence-electron chi connectivity index (χ3n) is 5.94. The number of likely N-dealkylation sites (tertiary alicyclic amines) is 1. The Labute approximate surface area is 207 Å². The van der Waals surface area contributed by atoms with Gasteiger partial charge in [0.05, 0.1) is 15.7 Å². The summed E-state index contributed by atoms with van der Waals surface area (Å²) in [6, 6.07) is 11.7. The van der Waals surface area contributed by atoms with Gasteiger partial charge in [-0.15, -0.1) is 0 Å². The van der Waals surface area contributed by atoms with Gasteiger partial charge in [0, 0.05) is 23.8 Å². The highest BCUT2D eigenvalue weighted by molar-refractivity contribution is 6.54. The molecule has 172 valence electrons. The van der Waals surface area contributed by atoms with Crippen LogP contribution >= 0.6 is 34.8 Å². The maximum absolute atomic E-state index is 13.1. The SMILES string of the molecule is CCC1CCCCN1C(=O)c1cccc(NC2=C(Cl)C(=O)N(c3cccc(Cl)c3Cl)C2=O)c1. The normalized spacial score (nSPS) is 18.8. The zero-order chi connectivity index (χ0) is 23.7. The number of piperidine rings is 1. The van der Waals surface area contributed by atoms with Gasteiger partial charge in [0.25, 0.3) is 17.7 Å². The number of rotatable bonds is 5. The van der Waals surface area contributed by atoms with Gasteiger partial charge < -0.3 is 10.2 Å². The third kappa shape index (κ3) is 4.47. The molecule has 3 amide bonds. The van der Waals surface area contributed by atoms with Crippen molar-refractivity contribution < 1.29 is 14.4 Å². The number of hydrogen-bond donors (Lipinski definition) is 1. The molecule has 1 N–H and O–H groups in total. The van der Waals surface area contributed by atoms with E-state index in [9.17, 15) is 14.4 Å². The minimum atomic E-state index is -0.709. The third-order valence-corrected chi connectivity index (χ3v) is 7.10. The lowest BCUT2D eigenvalue weighted by Gasteiger charge is -2.35. The monoisotopic (exact) mass is 505 g/mol. The molecule has 2 heterocycles. The van der Waals surface area contributed by atoms with Gasteiger partial charge in [-0.3, -0.25) is 14.4 Å². The maximum Gasteiger partial charge on any atom is 0.283 e. The van der Waals surface area contributed by atoms with Crippen molar-refractivity contribution >= 4 is 63.9 Å². The van der Waals surface area contributed by atoms with E-state index < -0.39 is 11.8 Å². The van der Waals surface area contributed by atoms with E-state index in [4.69, 9.17) is 34.8 Å². The van der Waals surface area contributed by atoms with Gasteiger partial charge in [0.2, 0.25) is 0 Å². The zero-order valence-corrected chi connectivity index (χ0v) is 20.2. The van der Waals surface area contributed by atoms with Crippen LogP contribution in [0.15, 0.2) is 53.2 Å². The molecule has 1 unspecified atom stereocenters. The molecule has 0 spiro atoms. The molecule has 1 atom stereocenters. The van der Waals surface area contributed by atoms with Crippen LogP contribution in [0.25, 0.3) is 0 Å². The van der Waals surface area contributed by atoms with E-state index in [2.05, 4.69) is 12.2 Å². The minimum Gasteiger partial charge on any atom is -0.350 e. The molecule has 4 rings (SSSR count). The highest BCUT2D eigenvalue weighted by Gasteiger charge is 2.40. The van der Waals surface area contributed by atoms with Gasteiger partial charge in [-0.05, 0) is 56.0 Å².